The van der Waals surface area contributed by atoms with Gasteiger partial charge in [0.1, 0.15) is 5.76 Å². The van der Waals surface area contributed by atoms with Crippen LogP contribution in [0.5, 0.6) is 0 Å². The Labute approximate surface area is 158 Å². The molecule has 1 aliphatic rings. The van der Waals surface area contributed by atoms with Crippen molar-refractivity contribution in [2.24, 2.45) is 5.92 Å². The first-order chi connectivity index (χ1) is 12.5. The van der Waals surface area contributed by atoms with E-state index in [0.29, 0.717) is 0 Å². The number of ether oxygens (including phenoxy) is 2. The molecule has 27 heavy (non-hydrogen) atoms. The molecule has 1 aliphatic carbocycles. The molecule has 0 radical (unpaired) electrons. The number of aliphatic hydroxyl groups excluding tert-OH is 1. The van der Waals surface area contributed by atoms with E-state index in [2.05, 4.69) is 4.74 Å². The summed E-state index contributed by atoms with van der Waals surface area (Å²) in [6.07, 6.45) is -4.89. The molecule has 2 unspecified atom stereocenters. The second kappa shape index (κ2) is 7.42. The molecule has 0 saturated heterocycles. The molecule has 2 atom stereocenters. The van der Waals surface area contributed by atoms with Gasteiger partial charge in [-0.2, -0.15) is 13.2 Å². The first-order valence-corrected chi connectivity index (χ1v) is 8.29. The Morgan fingerprint density at radius 1 is 1.26 bits per heavy atom. The average Bonchev–Trinajstić information content (AvgIpc) is 2.61. The topological polar surface area (TPSA) is 72.8 Å². The van der Waals surface area contributed by atoms with Crippen molar-refractivity contribution in [2.45, 2.75) is 31.4 Å². The predicted octanol–water partition coefficient (Wildman–Crippen LogP) is 4.18. The Balaban J connectivity index is 2.67. The summed E-state index contributed by atoms with van der Waals surface area (Å²) < 4.78 is 49.0. The van der Waals surface area contributed by atoms with Crippen molar-refractivity contribution in [2.75, 3.05) is 14.2 Å². The summed E-state index contributed by atoms with van der Waals surface area (Å²) in [7, 11) is 2.27. The van der Waals surface area contributed by atoms with Crippen molar-refractivity contribution in [3.8, 4) is 0 Å². The highest BCUT2D eigenvalue weighted by Crippen LogP contribution is 2.47. The highest BCUT2D eigenvalue weighted by Gasteiger charge is 2.46. The number of carbonyl (C=O) groups excluding carboxylic acids is 2. The van der Waals surface area contributed by atoms with E-state index in [1.54, 1.807) is 0 Å². The van der Waals surface area contributed by atoms with E-state index in [9.17, 15) is 27.9 Å². The number of allylic oxidation sites excluding steroid dienone is 1. The average molecular weight is 407 g/mol. The van der Waals surface area contributed by atoms with E-state index in [0.717, 1.165) is 19.2 Å². The van der Waals surface area contributed by atoms with Crippen LogP contribution in [0.2, 0.25) is 5.02 Å². The first-order valence-electron chi connectivity index (χ1n) is 7.91. The van der Waals surface area contributed by atoms with Crippen molar-refractivity contribution in [1.82, 2.24) is 0 Å². The summed E-state index contributed by atoms with van der Waals surface area (Å²) in [4.78, 5) is 24.1. The lowest BCUT2D eigenvalue weighted by atomic mass is 9.67. The van der Waals surface area contributed by atoms with Gasteiger partial charge in [-0.25, -0.2) is 4.79 Å². The minimum Gasteiger partial charge on any atom is -0.511 e. The van der Waals surface area contributed by atoms with Gasteiger partial charge in [-0.05, 0) is 37.5 Å². The van der Waals surface area contributed by atoms with E-state index >= 15 is 0 Å². The van der Waals surface area contributed by atoms with Gasteiger partial charge < -0.3 is 14.6 Å². The molecule has 0 fully saturated rings. The number of esters is 2. The summed E-state index contributed by atoms with van der Waals surface area (Å²) in [5.41, 5.74) is -2.63. The van der Waals surface area contributed by atoms with Crippen molar-refractivity contribution >= 4 is 23.5 Å². The fourth-order valence-corrected chi connectivity index (χ4v) is 3.54. The minimum atomic E-state index is -4.70. The van der Waals surface area contributed by atoms with E-state index in [1.807, 2.05) is 0 Å². The maximum Gasteiger partial charge on any atom is 0.417 e. The maximum atomic E-state index is 13.2. The van der Waals surface area contributed by atoms with Gasteiger partial charge in [0.2, 0.25) is 0 Å². The Morgan fingerprint density at radius 2 is 1.89 bits per heavy atom. The monoisotopic (exact) mass is 406 g/mol. The van der Waals surface area contributed by atoms with Gasteiger partial charge in [-0.1, -0.05) is 17.7 Å². The highest BCUT2D eigenvalue weighted by molar-refractivity contribution is 6.31. The van der Waals surface area contributed by atoms with Gasteiger partial charge in [0.05, 0.1) is 41.7 Å². The van der Waals surface area contributed by atoms with Crippen LogP contribution < -0.4 is 0 Å². The zero-order valence-corrected chi connectivity index (χ0v) is 15.6. The molecule has 0 amide bonds. The van der Waals surface area contributed by atoms with Crippen molar-refractivity contribution in [1.29, 1.82) is 0 Å². The van der Waals surface area contributed by atoms with Gasteiger partial charge in [0, 0.05) is 0 Å². The van der Waals surface area contributed by atoms with E-state index < -0.39 is 45.8 Å². The van der Waals surface area contributed by atoms with E-state index in [1.165, 1.54) is 20.1 Å². The van der Waals surface area contributed by atoms with E-state index in [4.69, 9.17) is 16.3 Å². The second-order valence-corrected chi connectivity index (χ2v) is 6.88. The molecule has 0 saturated carbocycles. The zero-order chi connectivity index (χ0) is 20.6. The van der Waals surface area contributed by atoms with E-state index in [-0.39, 0.29) is 24.0 Å². The van der Waals surface area contributed by atoms with Crippen molar-refractivity contribution in [3.05, 3.63) is 45.7 Å². The van der Waals surface area contributed by atoms with Gasteiger partial charge >= 0.3 is 18.1 Å². The molecule has 5 nitrogen and oxygen atoms in total. The number of benzene rings is 1. The summed E-state index contributed by atoms with van der Waals surface area (Å²) >= 11 is 5.66. The number of aliphatic hydroxyl groups is 1. The molecule has 0 aliphatic heterocycles. The van der Waals surface area contributed by atoms with Crippen LogP contribution in [0.15, 0.2) is 29.5 Å². The smallest absolute Gasteiger partial charge is 0.417 e. The fraction of sp³-hybridized carbons (Fsp3) is 0.444. The number of halogens is 4. The van der Waals surface area contributed by atoms with Crippen molar-refractivity contribution in [3.63, 3.8) is 0 Å². The number of methoxy groups -OCH3 is 2. The minimum absolute atomic E-state index is 0.0507. The molecule has 2 rings (SSSR count). The normalized spacial score (nSPS) is 23.1. The third kappa shape index (κ3) is 3.90. The third-order valence-electron chi connectivity index (χ3n) is 4.79. The lowest BCUT2D eigenvalue weighted by Crippen LogP contribution is -2.38. The molecule has 148 valence electrons. The molecular weight excluding hydrogens is 389 g/mol. The molecule has 0 spiro atoms. The zero-order valence-electron chi connectivity index (χ0n) is 14.8. The molecule has 0 heterocycles. The van der Waals surface area contributed by atoms with Crippen LogP contribution >= 0.6 is 11.6 Å². The Morgan fingerprint density at radius 3 is 2.41 bits per heavy atom. The summed E-state index contributed by atoms with van der Waals surface area (Å²) in [6.45, 7) is 1.45. The number of hydrogen-bond donors (Lipinski definition) is 1. The Hall–Kier alpha value is -2.22. The third-order valence-corrected chi connectivity index (χ3v) is 5.12. The van der Waals surface area contributed by atoms with Crippen LogP contribution in [0.3, 0.4) is 0 Å². The lowest BCUT2D eigenvalue weighted by molar-refractivity contribution is -0.147. The Kier molecular flexibility index (Phi) is 5.79. The van der Waals surface area contributed by atoms with Crippen LogP contribution in [0, 0.1) is 5.92 Å². The second-order valence-electron chi connectivity index (χ2n) is 6.47. The largest absolute Gasteiger partial charge is 0.511 e. The SMILES string of the molecule is COC(=O)C1=C(O)C(C)(c2ccc(Cl)c(C(F)(F)F)c2)CC(C(=O)OC)C1. The summed E-state index contributed by atoms with van der Waals surface area (Å²) in [5.74, 6) is -2.78. The lowest BCUT2D eigenvalue weighted by Gasteiger charge is -2.38. The molecule has 9 heteroatoms. The maximum absolute atomic E-state index is 13.2. The van der Waals surface area contributed by atoms with Crippen LogP contribution in [0.25, 0.3) is 0 Å². The molecule has 1 N–H and O–H groups in total. The number of hydrogen-bond acceptors (Lipinski definition) is 5. The first kappa shape index (κ1) is 21.1. The molecular formula is C18H18ClF3O5. The molecule has 0 aromatic heterocycles. The quantitative estimate of drug-likeness (QED) is 0.762. The van der Waals surface area contributed by atoms with Crippen LogP contribution in [-0.4, -0.2) is 31.3 Å². The number of carbonyl (C=O) groups is 2. The number of alkyl halides is 3. The van der Waals surface area contributed by atoms with Gasteiger partial charge in [-0.3, -0.25) is 4.79 Å². The summed E-state index contributed by atoms with van der Waals surface area (Å²) in [5, 5.41) is 10.2. The van der Waals surface area contributed by atoms with Gasteiger partial charge in [-0.15, -0.1) is 0 Å². The predicted molar refractivity (Wildman–Crippen MR) is 90.2 cm³/mol. The molecule has 1 aromatic carbocycles. The van der Waals surface area contributed by atoms with Crippen molar-refractivity contribution < 1.29 is 37.3 Å². The molecule has 1 aromatic rings. The standard InChI is InChI=1S/C18H18ClF3O5/c1-17(10-4-5-13(19)12(7-10)18(20,21)22)8-9(15(24)26-2)6-11(14(17)23)16(25)27-3/h4-5,7,9,23H,6,8H2,1-3H3. The summed E-state index contributed by atoms with van der Waals surface area (Å²) in [6, 6.07) is 3.20. The highest BCUT2D eigenvalue weighted by atomic mass is 35.5. The van der Waals surface area contributed by atoms with Gasteiger partial charge in [0.25, 0.3) is 0 Å². The van der Waals surface area contributed by atoms with Crippen LogP contribution in [-0.2, 0) is 30.7 Å². The van der Waals surface area contributed by atoms with Gasteiger partial charge in [0.15, 0.2) is 0 Å². The Bertz CT molecular complexity index is 803. The number of rotatable bonds is 3. The fourth-order valence-electron chi connectivity index (χ4n) is 3.31. The van der Waals surface area contributed by atoms with Crippen LogP contribution in [0.4, 0.5) is 13.2 Å². The molecule has 0 bridgehead atoms. The van der Waals surface area contributed by atoms with Crippen LogP contribution in [0.1, 0.15) is 30.9 Å².